The molecule has 0 N–H and O–H groups in total. The molecule has 0 unspecified atom stereocenters. The predicted molar refractivity (Wildman–Crippen MR) is 44.5 cm³/mol. The molecule has 5 heteroatoms. The molecule has 0 saturated carbocycles. The second-order valence-corrected chi connectivity index (χ2v) is 2.76. The standard InChI is InChI=1S/C9H5F3N2/c10-9(11,12)6-4-8-7(14-5-6)2-1-3-13-8/h1-5H. The smallest absolute Gasteiger partial charge is 0.255 e. The Hall–Kier alpha value is -1.65. The monoisotopic (exact) mass is 198 g/mol. The van der Waals surface area contributed by atoms with Crippen molar-refractivity contribution in [1.29, 1.82) is 0 Å². The third-order valence-corrected chi connectivity index (χ3v) is 1.78. The van der Waals surface area contributed by atoms with E-state index in [9.17, 15) is 13.2 Å². The Morgan fingerprint density at radius 2 is 1.86 bits per heavy atom. The van der Waals surface area contributed by atoms with Crippen LogP contribution in [0.1, 0.15) is 5.56 Å². The fourth-order valence-electron chi connectivity index (χ4n) is 1.11. The average Bonchev–Trinajstić information content (AvgIpc) is 2.16. The van der Waals surface area contributed by atoms with E-state index in [1.807, 2.05) is 0 Å². The van der Waals surface area contributed by atoms with Crippen LogP contribution in [0, 0.1) is 0 Å². The van der Waals surface area contributed by atoms with Crippen molar-refractivity contribution in [3.05, 3.63) is 36.2 Å². The molecule has 2 rings (SSSR count). The molecule has 0 spiro atoms. The lowest BCUT2D eigenvalue weighted by Crippen LogP contribution is -2.05. The van der Waals surface area contributed by atoms with Gasteiger partial charge in [0.2, 0.25) is 0 Å². The molecule has 14 heavy (non-hydrogen) atoms. The van der Waals surface area contributed by atoms with Crippen molar-refractivity contribution in [2.75, 3.05) is 0 Å². The molecule has 0 amide bonds. The van der Waals surface area contributed by atoms with Crippen molar-refractivity contribution in [3.8, 4) is 0 Å². The second-order valence-electron chi connectivity index (χ2n) is 2.76. The maximum atomic E-state index is 12.2. The molecular weight excluding hydrogens is 193 g/mol. The van der Waals surface area contributed by atoms with E-state index in [2.05, 4.69) is 9.97 Å². The summed E-state index contributed by atoms with van der Waals surface area (Å²) in [6, 6.07) is 4.23. The summed E-state index contributed by atoms with van der Waals surface area (Å²) in [4.78, 5) is 7.46. The van der Waals surface area contributed by atoms with Crippen LogP contribution in [0.4, 0.5) is 13.2 Å². The fourth-order valence-corrected chi connectivity index (χ4v) is 1.11. The number of nitrogens with zero attached hydrogens (tertiary/aromatic N) is 2. The second kappa shape index (κ2) is 2.94. The molecule has 0 aliphatic heterocycles. The minimum absolute atomic E-state index is 0.252. The van der Waals surface area contributed by atoms with E-state index in [-0.39, 0.29) is 5.52 Å². The van der Waals surface area contributed by atoms with Crippen molar-refractivity contribution in [2.24, 2.45) is 0 Å². The molecule has 0 bridgehead atoms. The van der Waals surface area contributed by atoms with E-state index in [4.69, 9.17) is 0 Å². The number of halogens is 3. The Labute approximate surface area is 77.4 Å². The summed E-state index contributed by atoms with van der Waals surface area (Å²) in [5.74, 6) is 0. The first-order valence-electron chi connectivity index (χ1n) is 3.85. The Bertz CT molecular complexity index is 465. The van der Waals surface area contributed by atoms with Gasteiger partial charge in [-0.1, -0.05) is 0 Å². The molecule has 0 fully saturated rings. The van der Waals surface area contributed by atoms with Crippen LogP contribution in [0.25, 0.3) is 11.0 Å². The van der Waals surface area contributed by atoms with Crippen LogP contribution in [0.2, 0.25) is 0 Å². The van der Waals surface area contributed by atoms with Crippen molar-refractivity contribution in [1.82, 2.24) is 9.97 Å². The van der Waals surface area contributed by atoms with Gasteiger partial charge in [0.15, 0.2) is 0 Å². The van der Waals surface area contributed by atoms with Gasteiger partial charge < -0.3 is 0 Å². The van der Waals surface area contributed by atoms with Crippen LogP contribution in [0.3, 0.4) is 0 Å². The first-order valence-corrected chi connectivity index (χ1v) is 3.85. The number of rotatable bonds is 0. The fraction of sp³-hybridized carbons (Fsp3) is 0.111. The van der Waals surface area contributed by atoms with Crippen LogP contribution >= 0.6 is 0 Å². The van der Waals surface area contributed by atoms with Crippen LogP contribution in [-0.4, -0.2) is 9.97 Å². The summed E-state index contributed by atoms with van der Waals surface area (Å²) in [6.07, 6.45) is -2.12. The van der Waals surface area contributed by atoms with Crippen molar-refractivity contribution in [3.63, 3.8) is 0 Å². The lowest BCUT2D eigenvalue weighted by molar-refractivity contribution is -0.137. The number of pyridine rings is 2. The molecule has 0 aliphatic rings. The first kappa shape index (κ1) is 8.93. The minimum Gasteiger partial charge on any atom is -0.255 e. The summed E-state index contributed by atoms with van der Waals surface area (Å²) in [7, 11) is 0. The maximum Gasteiger partial charge on any atom is 0.417 e. The summed E-state index contributed by atoms with van der Waals surface area (Å²) in [5.41, 5.74) is -0.0634. The van der Waals surface area contributed by atoms with Gasteiger partial charge in [0.05, 0.1) is 16.6 Å². The lowest BCUT2D eigenvalue weighted by Gasteiger charge is -2.05. The lowest BCUT2D eigenvalue weighted by atomic mass is 10.2. The van der Waals surface area contributed by atoms with Gasteiger partial charge in [0.1, 0.15) is 0 Å². The summed E-state index contributed by atoms with van der Waals surface area (Å²) in [5, 5.41) is 0. The van der Waals surface area contributed by atoms with Gasteiger partial charge >= 0.3 is 6.18 Å². The third-order valence-electron chi connectivity index (χ3n) is 1.78. The molecule has 0 saturated heterocycles. The van der Waals surface area contributed by atoms with Crippen molar-refractivity contribution < 1.29 is 13.2 Å². The number of alkyl halides is 3. The van der Waals surface area contributed by atoms with Gasteiger partial charge in [0.25, 0.3) is 0 Å². The van der Waals surface area contributed by atoms with Crippen molar-refractivity contribution in [2.45, 2.75) is 6.18 Å². The molecule has 0 aliphatic carbocycles. The van der Waals surface area contributed by atoms with Crippen molar-refractivity contribution >= 4 is 11.0 Å². The zero-order valence-corrected chi connectivity index (χ0v) is 6.92. The molecule has 0 aromatic carbocycles. The summed E-state index contributed by atoms with van der Waals surface area (Å²) >= 11 is 0. The molecular formula is C9H5F3N2. The Kier molecular flexibility index (Phi) is 1.87. The van der Waals surface area contributed by atoms with Gasteiger partial charge in [-0.05, 0) is 18.2 Å². The highest BCUT2D eigenvalue weighted by atomic mass is 19.4. The average molecular weight is 198 g/mol. The number of hydrogen-bond donors (Lipinski definition) is 0. The normalized spacial score (nSPS) is 11.9. The highest BCUT2D eigenvalue weighted by molar-refractivity contribution is 5.74. The van der Waals surface area contributed by atoms with E-state index in [1.165, 1.54) is 6.20 Å². The first-order chi connectivity index (χ1) is 6.57. The van der Waals surface area contributed by atoms with Gasteiger partial charge in [-0.15, -0.1) is 0 Å². The van der Waals surface area contributed by atoms with Crippen LogP contribution < -0.4 is 0 Å². The van der Waals surface area contributed by atoms with Crippen LogP contribution in [0.5, 0.6) is 0 Å². The molecule has 2 aromatic rings. The zero-order chi connectivity index (χ0) is 10.2. The largest absolute Gasteiger partial charge is 0.417 e. The predicted octanol–water partition coefficient (Wildman–Crippen LogP) is 2.65. The molecule has 2 heterocycles. The zero-order valence-electron chi connectivity index (χ0n) is 6.92. The Balaban J connectivity index is 2.63. The summed E-state index contributed by atoms with van der Waals surface area (Å²) in [6.45, 7) is 0. The van der Waals surface area contributed by atoms with Gasteiger partial charge in [-0.2, -0.15) is 13.2 Å². The van der Waals surface area contributed by atoms with E-state index in [0.717, 1.165) is 12.3 Å². The maximum absolute atomic E-state index is 12.2. The Morgan fingerprint density at radius 1 is 1.07 bits per heavy atom. The van der Waals surface area contributed by atoms with E-state index < -0.39 is 11.7 Å². The quantitative estimate of drug-likeness (QED) is 0.650. The number of fused-ring (bicyclic) bond motifs is 1. The van der Waals surface area contributed by atoms with E-state index >= 15 is 0 Å². The third kappa shape index (κ3) is 1.53. The highest BCUT2D eigenvalue weighted by Gasteiger charge is 2.31. The van der Waals surface area contributed by atoms with E-state index in [1.54, 1.807) is 12.1 Å². The van der Waals surface area contributed by atoms with Crippen LogP contribution in [-0.2, 0) is 6.18 Å². The SMILES string of the molecule is FC(F)(F)c1cnc2cccnc2c1. The minimum atomic E-state index is -4.36. The van der Waals surface area contributed by atoms with Gasteiger partial charge in [0, 0.05) is 12.4 Å². The highest BCUT2D eigenvalue weighted by Crippen LogP contribution is 2.29. The molecule has 72 valence electrons. The van der Waals surface area contributed by atoms with E-state index in [0.29, 0.717) is 5.52 Å². The molecule has 2 nitrogen and oxygen atoms in total. The Morgan fingerprint density at radius 3 is 2.57 bits per heavy atom. The van der Waals surface area contributed by atoms with Crippen LogP contribution in [0.15, 0.2) is 30.6 Å². The number of hydrogen-bond acceptors (Lipinski definition) is 2. The number of aromatic nitrogens is 2. The summed E-state index contributed by atoms with van der Waals surface area (Å²) < 4.78 is 36.7. The van der Waals surface area contributed by atoms with Gasteiger partial charge in [-0.3, -0.25) is 9.97 Å². The molecule has 0 atom stereocenters. The molecule has 0 radical (unpaired) electrons. The topological polar surface area (TPSA) is 25.8 Å². The van der Waals surface area contributed by atoms with Gasteiger partial charge in [-0.25, -0.2) is 0 Å². The molecule has 2 aromatic heterocycles.